The fraction of sp³-hybridized carbons (Fsp3) is 0.522. The van der Waals surface area contributed by atoms with Gasteiger partial charge in [0.15, 0.2) is 0 Å². The van der Waals surface area contributed by atoms with E-state index in [0.717, 1.165) is 48.6 Å². The van der Waals surface area contributed by atoms with Crippen LogP contribution in [-0.4, -0.2) is 60.7 Å². The Bertz CT molecular complexity index is 1100. The number of carboxylic acids is 1. The monoisotopic (exact) mass is 474 g/mol. The summed E-state index contributed by atoms with van der Waals surface area (Å²) in [6.45, 7) is 1.12. The van der Waals surface area contributed by atoms with Gasteiger partial charge in [-0.15, -0.1) is 0 Å². The van der Waals surface area contributed by atoms with Crippen LogP contribution >= 0.6 is 0 Å². The third-order valence-corrected chi connectivity index (χ3v) is 7.26. The summed E-state index contributed by atoms with van der Waals surface area (Å²) in [7, 11) is -2.99. The number of hydrogen-bond donors (Lipinski definition) is 2. The molecular formula is C23H30N4O5S. The van der Waals surface area contributed by atoms with Crippen LogP contribution < -0.4 is 15.0 Å². The van der Waals surface area contributed by atoms with E-state index in [-0.39, 0.29) is 17.7 Å². The lowest BCUT2D eigenvalue weighted by atomic mass is 9.86. The number of benzene rings is 1. The molecule has 1 aromatic heterocycles. The van der Waals surface area contributed by atoms with Crippen molar-refractivity contribution in [1.82, 2.24) is 9.97 Å². The Morgan fingerprint density at radius 1 is 1.24 bits per heavy atom. The second kappa shape index (κ2) is 9.94. The first kappa shape index (κ1) is 23.3. The molecule has 1 saturated carbocycles. The average Bonchev–Trinajstić information content (AvgIpc) is 3.22. The minimum atomic E-state index is -2.99. The minimum absolute atomic E-state index is 0.114. The molecule has 0 spiro atoms. The SMILES string of the molecule is CS(=O)(=O)CCCOc1cccc2c1CCN2c1ccnc(N[C@H]2CC[C@H](C(=O)O)CC2)n1. The van der Waals surface area contributed by atoms with Crippen LogP contribution in [0.3, 0.4) is 0 Å². The van der Waals surface area contributed by atoms with E-state index in [9.17, 15) is 18.3 Å². The fourth-order valence-electron chi connectivity index (χ4n) is 4.52. The Labute approximate surface area is 194 Å². The topological polar surface area (TPSA) is 122 Å². The number of hydrogen-bond acceptors (Lipinski definition) is 8. The number of anilines is 3. The maximum absolute atomic E-state index is 11.3. The smallest absolute Gasteiger partial charge is 0.306 e. The number of ether oxygens (including phenoxy) is 1. The molecule has 2 aliphatic rings. The Hall–Kier alpha value is -2.88. The van der Waals surface area contributed by atoms with Crippen LogP contribution in [0.5, 0.6) is 5.75 Å². The first-order chi connectivity index (χ1) is 15.8. The van der Waals surface area contributed by atoms with Crippen molar-refractivity contribution in [2.24, 2.45) is 5.92 Å². The van der Waals surface area contributed by atoms with Crippen LogP contribution in [0, 0.1) is 5.92 Å². The van der Waals surface area contributed by atoms with Crippen molar-refractivity contribution >= 4 is 33.3 Å². The number of carboxylic acid groups (broad SMARTS) is 1. The highest BCUT2D eigenvalue weighted by Gasteiger charge is 2.27. The van der Waals surface area contributed by atoms with Crippen LogP contribution in [-0.2, 0) is 21.1 Å². The van der Waals surface area contributed by atoms with Crippen molar-refractivity contribution < 1.29 is 23.1 Å². The van der Waals surface area contributed by atoms with Gasteiger partial charge >= 0.3 is 5.97 Å². The molecule has 33 heavy (non-hydrogen) atoms. The summed E-state index contributed by atoms with van der Waals surface area (Å²) in [5.74, 6) is 1.28. The van der Waals surface area contributed by atoms with E-state index in [1.807, 2.05) is 24.3 Å². The molecule has 178 valence electrons. The number of nitrogens with zero attached hydrogens (tertiary/aromatic N) is 3. The van der Waals surface area contributed by atoms with E-state index < -0.39 is 15.8 Å². The normalized spacial score (nSPS) is 20.3. The quantitative estimate of drug-likeness (QED) is 0.528. The highest BCUT2D eigenvalue weighted by Crippen LogP contribution is 2.39. The molecule has 1 aromatic carbocycles. The molecule has 0 radical (unpaired) electrons. The number of aliphatic carboxylic acids is 1. The largest absolute Gasteiger partial charge is 0.493 e. The van der Waals surface area contributed by atoms with Gasteiger partial charge in [0.25, 0.3) is 0 Å². The molecule has 0 bridgehead atoms. The summed E-state index contributed by atoms with van der Waals surface area (Å²) in [6, 6.07) is 7.94. The summed E-state index contributed by atoms with van der Waals surface area (Å²) >= 11 is 0. The molecule has 0 saturated heterocycles. The van der Waals surface area contributed by atoms with E-state index in [4.69, 9.17) is 9.72 Å². The molecule has 9 nitrogen and oxygen atoms in total. The molecule has 1 fully saturated rings. The van der Waals surface area contributed by atoms with Crippen molar-refractivity contribution in [3.63, 3.8) is 0 Å². The van der Waals surface area contributed by atoms with Crippen molar-refractivity contribution in [3.8, 4) is 5.75 Å². The molecule has 2 N–H and O–H groups in total. The lowest BCUT2D eigenvalue weighted by Gasteiger charge is -2.27. The van der Waals surface area contributed by atoms with Crippen LogP contribution in [0.1, 0.15) is 37.7 Å². The third-order valence-electron chi connectivity index (χ3n) is 6.23. The number of fused-ring (bicyclic) bond motifs is 1. The number of sulfone groups is 1. The summed E-state index contributed by atoms with van der Waals surface area (Å²) in [6.07, 6.45) is 7.14. The molecule has 1 aliphatic heterocycles. The third kappa shape index (κ3) is 5.93. The van der Waals surface area contributed by atoms with Crippen molar-refractivity contribution in [2.75, 3.05) is 35.4 Å². The highest BCUT2D eigenvalue weighted by molar-refractivity contribution is 7.90. The molecule has 0 atom stereocenters. The van der Waals surface area contributed by atoms with Crippen molar-refractivity contribution in [1.29, 1.82) is 0 Å². The molecule has 10 heteroatoms. The Morgan fingerprint density at radius 2 is 2.03 bits per heavy atom. The van der Waals surface area contributed by atoms with Gasteiger partial charge in [-0.1, -0.05) is 6.07 Å². The Kier molecular flexibility index (Phi) is 7.02. The second-order valence-corrected chi connectivity index (χ2v) is 11.0. The molecular weight excluding hydrogens is 444 g/mol. The van der Waals surface area contributed by atoms with E-state index in [0.29, 0.717) is 31.8 Å². The standard InChI is InChI=1S/C23H30N4O5S/c1-33(30,31)15-3-14-32-20-5-2-4-19-18(20)11-13-27(19)21-10-12-24-23(26-21)25-17-8-6-16(7-9-17)22(28)29/h2,4-5,10,12,16-17H,3,6-9,11,13-15H2,1H3,(H,28,29)(H,24,25,26)/t16-,17-. The van der Waals surface area contributed by atoms with Gasteiger partial charge in [-0.25, -0.2) is 13.4 Å². The van der Waals surface area contributed by atoms with E-state index >= 15 is 0 Å². The van der Waals surface area contributed by atoms with Gasteiger partial charge in [0.2, 0.25) is 5.95 Å². The maximum atomic E-state index is 11.3. The molecule has 0 amide bonds. The molecule has 1 aliphatic carbocycles. The van der Waals surface area contributed by atoms with E-state index in [1.165, 1.54) is 6.26 Å². The van der Waals surface area contributed by atoms with Gasteiger partial charge in [-0.3, -0.25) is 4.79 Å². The Morgan fingerprint density at radius 3 is 2.76 bits per heavy atom. The van der Waals surface area contributed by atoms with Gasteiger partial charge in [-0.2, -0.15) is 4.98 Å². The van der Waals surface area contributed by atoms with Gasteiger partial charge in [0, 0.05) is 36.3 Å². The predicted molar refractivity (Wildman–Crippen MR) is 126 cm³/mol. The molecule has 0 unspecified atom stereocenters. The van der Waals surface area contributed by atoms with Gasteiger partial charge in [0.05, 0.1) is 18.3 Å². The highest BCUT2D eigenvalue weighted by atomic mass is 32.2. The minimum Gasteiger partial charge on any atom is -0.493 e. The van der Waals surface area contributed by atoms with Gasteiger partial charge < -0.3 is 20.1 Å². The second-order valence-electron chi connectivity index (χ2n) is 8.76. The lowest BCUT2D eigenvalue weighted by Crippen LogP contribution is -2.30. The summed E-state index contributed by atoms with van der Waals surface area (Å²) in [4.78, 5) is 22.4. The first-order valence-electron chi connectivity index (χ1n) is 11.3. The van der Waals surface area contributed by atoms with Crippen LogP contribution in [0.25, 0.3) is 0 Å². The zero-order chi connectivity index (χ0) is 23.4. The average molecular weight is 475 g/mol. The molecule has 2 heterocycles. The van der Waals surface area contributed by atoms with Crippen molar-refractivity contribution in [2.45, 2.75) is 44.6 Å². The Balaban J connectivity index is 1.41. The first-order valence-corrected chi connectivity index (χ1v) is 13.4. The van der Waals surface area contributed by atoms with Crippen LogP contribution in [0.4, 0.5) is 17.5 Å². The van der Waals surface area contributed by atoms with E-state index in [1.54, 1.807) is 6.20 Å². The van der Waals surface area contributed by atoms with Crippen LogP contribution in [0.2, 0.25) is 0 Å². The number of aromatic nitrogens is 2. The van der Waals surface area contributed by atoms with Gasteiger partial charge in [-0.05, 0) is 56.7 Å². The maximum Gasteiger partial charge on any atom is 0.306 e. The predicted octanol–water partition coefficient (Wildman–Crippen LogP) is 3.04. The fourth-order valence-corrected chi connectivity index (χ4v) is 5.16. The van der Waals surface area contributed by atoms with E-state index in [2.05, 4.69) is 15.2 Å². The summed E-state index contributed by atoms with van der Waals surface area (Å²) < 4.78 is 28.5. The number of nitrogens with one attached hydrogen (secondary N) is 1. The van der Waals surface area contributed by atoms with Crippen LogP contribution in [0.15, 0.2) is 30.5 Å². The molecule has 2 aromatic rings. The number of carbonyl (C=O) groups is 1. The van der Waals surface area contributed by atoms with Crippen molar-refractivity contribution in [3.05, 3.63) is 36.0 Å². The summed E-state index contributed by atoms with van der Waals surface area (Å²) in [5, 5.41) is 12.6. The lowest BCUT2D eigenvalue weighted by molar-refractivity contribution is -0.142. The zero-order valence-electron chi connectivity index (χ0n) is 18.7. The number of rotatable bonds is 9. The zero-order valence-corrected chi connectivity index (χ0v) is 19.6. The van der Waals surface area contributed by atoms with Gasteiger partial charge in [0.1, 0.15) is 21.4 Å². The summed E-state index contributed by atoms with van der Waals surface area (Å²) in [5.41, 5.74) is 2.12. The molecule has 4 rings (SSSR count).